The van der Waals surface area contributed by atoms with E-state index in [0.717, 1.165) is 0 Å². The van der Waals surface area contributed by atoms with Crippen molar-refractivity contribution < 1.29 is 28.7 Å². The van der Waals surface area contributed by atoms with Crippen molar-refractivity contribution in [3.63, 3.8) is 0 Å². The average Bonchev–Trinajstić information content (AvgIpc) is 3.12. The molecule has 2 N–H and O–H groups in total. The van der Waals surface area contributed by atoms with Crippen LogP contribution in [0.1, 0.15) is 43.5 Å². The van der Waals surface area contributed by atoms with E-state index in [-0.39, 0.29) is 49.1 Å². The van der Waals surface area contributed by atoms with E-state index in [1.165, 1.54) is 11.0 Å². The number of nitrogens with zero attached hydrogens (tertiary/aromatic N) is 1. The number of aliphatic carboxylic acids is 1. The second-order valence-corrected chi connectivity index (χ2v) is 9.59. The summed E-state index contributed by atoms with van der Waals surface area (Å²) in [6.45, 7) is 3.45. The van der Waals surface area contributed by atoms with Gasteiger partial charge in [-0.25, -0.2) is 4.39 Å². The van der Waals surface area contributed by atoms with Crippen LogP contribution < -0.4 is 15.7 Å². The number of anilines is 1. The lowest BCUT2D eigenvalue weighted by molar-refractivity contribution is -0.307. The van der Waals surface area contributed by atoms with E-state index < -0.39 is 29.3 Å². The summed E-state index contributed by atoms with van der Waals surface area (Å²) in [6, 6.07) is 9.81. The highest BCUT2D eigenvalue weighted by molar-refractivity contribution is 6.11. The number of halogens is 1. The Morgan fingerprint density at radius 1 is 1.15 bits per heavy atom. The van der Waals surface area contributed by atoms with Crippen LogP contribution in [0.5, 0.6) is 0 Å². The maximum Gasteiger partial charge on any atom is 0.256 e. The van der Waals surface area contributed by atoms with Gasteiger partial charge in [-0.15, -0.1) is 0 Å². The van der Waals surface area contributed by atoms with Gasteiger partial charge in [-0.2, -0.15) is 0 Å². The number of hydrogen-bond donors (Lipinski definition) is 2. The number of carboxylic acid groups (broad SMARTS) is 1. The first kappa shape index (κ1) is 23.4. The third-order valence-corrected chi connectivity index (χ3v) is 6.18. The van der Waals surface area contributed by atoms with Gasteiger partial charge in [-0.3, -0.25) is 14.4 Å². The molecule has 2 aromatic rings. The van der Waals surface area contributed by atoms with Gasteiger partial charge in [0.2, 0.25) is 11.8 Å². The van der Waals surface area contributed by atoms with Crippen LogP contribution in [0.3, 0.4) is 0 Å². The van der Waals surface area contributed by atoms with E-state index >= 15 is 0 Å². The lowest BCUT2D eigenvalue weighted by Crippen LogP contribution is -2.41. The highest BCUT2D eigenvalue weighted by Gasteiger charge is 2.43. The molecule has 2 aliphatic heterocycles. The highest BCUT2D eigenvalue weighted by Crippen LogP contribution is 2.33. The fourth-order valence-corrected chi connectivity index (χ4v) is 4.64. The smallest absolute Gasteiger partial charge is 0.256 e. The first-order chi connectivity index (χ1) is 16.0. The molecular weight excluding hydrogens is 441 g/mol. The molecule has 8 nitrogen and oxygen atoms in total. The Hall–Kier alpha value is -3.75. The molecule has 178 valence electrons. The van der Waals surface area contributed by atoms with Gasteiger partial charge in [0.05, 0.1) is 11.3 Å². The molecule has 2 heterocycles. The fraction of sp³-hybridized carbons (Fsp3) is 0.360. The van der Waals surface area contributed by atoms with E-state index in [1.807, 2.05) is 0 Å². The number of carbonyl (C=O) groups excluding carboxylic acids is 4. The average molecular weight is 466 g/mol. The lowest BCUT2D eigenvalue weighted by Gasteiger charge is -2.25. The van der Waals surface area contributed by atoms with Gasteiger partial charge in [0.25, 0.3) is 5.91 Å². The SMILES string of the molecule is CC(C)(CC(=O)[O-])CC(=O)N[C@H]1C[C@H]2C(=O)Nc3ccc(-c4ccccc4F)cc3C(=O)N2C1. The second-order valence-electron chi connectivity index (χ2n) is 9.59. The minimum atomic E-state index is -1.23. The standard InChI is InChI=1S/C25H26FN3O5/c1-25(2,12-22(31)32)11-21(30)27-15-10-20-23(33)28-19-8-7-14(16-5-3-4-6-18(16)26)9-17(19)24(34)29(20)13-15/h3-9,15,20H,10-13H2,1-2H3,(H,27,30)(H,28,33)(H,31,32)/p-1/t15-,20-/m0/s1. The first-order valence-electron chi connectivity index (χ1n) is 11.0. The lowest BCUT2D eigenvalue weighted by atomic mass is 9.85. The Labute approximate surface area is 196 Å². The topological polar surface area (TPSA) is 119 Å². The van der Waals surface area contributed by atoms with Crippen LogP contribution in [0.15, 0.2) is 42.5 Å². The van der Waals surface area contributed by atoms with Crippen LogP contribution in [-0.2, 0) is 14.4 Å². The number of carboxylic acids is 1. The molecule has 0 spiro atoms. The number of carbonyl (C=O) groups is 4. The number of amides is 3. The Morgan fingerprint density at radius 2 is 1.88 bits per heavy atom. The Balaban J connectivity index is 1.52. The summed E-state index contributed by atoms with van der Waals surface area (Å²) in [4.78, 5) is 51.0. The molecule has 1 saturated heterocycles. The van der Waals surface area contributed by atoms with Crippen LogP contribution in [0, 0.1) is 11.2 Å². The molecule has 1 fully saturated rings. The van der Waals surface area contributed by atoms with Gasteiger partial charge in [0.15, 0.2) is 0 Å². The quantitative estimate of drug-likeness (QED) is 0.672. The largest absolute Gasteiger partial charge is 0.550 e. The molecule has 2 aromatic carbocycles. The molecule has 3 amide bonds. The van der Waals surface area contributed by atoms with E-state index in [4.69, 9.17) is 0 Å². The van der Waals surface area contributed by atoms with Gasteiger partial charge in [0, 0.05) is 30.5 Å². The number of nitrogens with one attached hydrogen (secondary N) is 2. The molecule has 0 radical (unpaired) electrons. The molecule has 0 saturated carbocycles. The minimum absolute atomic E-state index is 0.0306. The van der Waals surface area contributed by atoms with Crippen molar-refractivity contribution in [1.82, 2.24) is 10.2 Å². The third kappa shape index (κ3) is 4.78. The maximum absolute atomic E-state index is 14.3. The number of fused-ring (bicyclic) bond motifs is 2. The van der Waals surface area contributed by atoms with Crippen molar-refractivity contribution in [2.75, 3.05) is 11.9 Å². The van der Waals surface area contributed by atoms with Gasteiger partial charge in [-0.1, -0.05) is 38.1 Å². The van der Waals surface area contributed by atoms with Gasteiger partial charge in [-0.05, 0) is 42.0 Å². The molecule has 0 unspecified atom stereocenters. The van der Waals surface area contributed by atoms with Crippen LogP contribution >= 0.6 is 0 Å². The van der Waals surface area contributed by atoms with Crippen molar-refractivity contribution in [1.29, 1.82) is 0 Å². The molecule has 2 aliphatic rings. The molecular formula is C25H25FN3O5-. The zero-order valence-electron chi connectivity index (χ0n) is 18.9. The summed E-state index contributed by atoms with van der Waals surface area (Å²) in [5.74, 6) is -2.76. The van der Waals surface area contributed by atoms with Crippen molar-refractivity contribution in [3.05, 3.63) is 53.8 Å². The molecule has 2 atom stereocenters. The van der Waals surface area contributed by atoms with Crippen molar-refractivity contribution in [2.45, 2.75) is 45.2 Å². The number of hydrogen-bond acceptors (Lipinski definition) is 5. The summed E-state index contributed by atoms with van der Waals surface area (Å²) < 4.78 is 14.3. The van der Waals surface area contributed by atoms with Crippen molar-refractivity contribution >= 4 is 29.4 Å². The molecule has 0 bridgehead atoms. The van der Waals surface area contributed by atoms with Crippen molar-refractivity contribution in [2.24, 2.45) is 5.41 Å². The van der Waals surface area contributed by atoms with Crippen LogP contribution in [-0.4, -0.2) is 47.2 Å². The maximum atomic E-state index is 14.3. The first-order valence-corrected chi connectivity index (χ1v) is 11.0. The van der Waals surface area contributed by atoms with E-state index in [2.05, 4.69) is 10.6 Å². The summed E-state index contributed by atoms with van der Waals surface area (Å²) in [5.41, 5.74) is 0.669. The van der Waals surface area contributed by atoms with E-state index in [9.17, 15) is 28.7 Å². The predicted octanol–water partition coefficient (Wildman–Crippen LogP) is 1.70. The molecule has 34 heavy (non-hydrogen) atoms. The molecule has 0 aromatic heterocycles. The molecule has 0 aliphatic carbocycles. The van der Waals surface area contributed by atoms with Gasteiger partial charge in [0.1, 0.15) is 11.9 Å². The number of rotatable bonds is 6. The molecule has 4 rings (SSSR count). The summed E-state index contributed by atoms with van der Waals surface area (Å²) in [5, 5.41) is 16.5. The molecule has 9 heteroatoms. The number of benzene rings is 2. The third-order valence-electron chi connectivity index (χ3n) is 6.18. The Bertz CT molecular complexity index is 1180. The zero-order valence-corrected chi connectivity index (χ0v) is 18.9. The minimum Gasteiger partial charge on any atom is -0.550 e. The Kier molecular flexibility index (Phi) is 6.12. The highest BCUT2D eigenvalue weighted by atomic mass is 19.1. The van der Waals surface area contributed by atoms with Crippen LogP contribution in [0.4, 0.5) is 10.1 Å². The van der Waals surface area contributed by atoms with E-state index in [1.54, 1.807) is 50.2 Å². The zero-order chi connectivity index (χ0) is 24.6. The normalized spacial score (nSPS) is 19.7. The predicted molar refractivity (Wildman–Crippen MR) is 120 cm³/mol. The fourth-order valence-electron chi connectivity index (χ4n) is 4.64. The Morgan fingerprint density at radius 3 is 2.59 bits per heavy atom. The van der Waals surface area contributed by atoms with Crippen LogP contribution in [0.2, 0.25) is 0 Å². The summed E-state index contributed by atoms with van der Waals surface area (Å²) in [7, 11) is 0. The second kappa shape index (κ2) is 8.89. The monoisotopic (exact) mass is 466 g/mol. The van der Waals surface area contributed by atoms with E-state index in [0.29, 0.717) is 16.8 Å². The van der Waals surface area contributed by atoms with Gasteiger partial charge >= 0.3 is 0 Å². The van der Waals surface area contributed by atoms with Crippen molar-refractivity contribution in [3.8, 4) is 11.1 Å². The van der Waals surface area contributed by atoms with Crippen LogP contribution in [0.25, 0.3) is 11.1 Å². The summed E-state index contributed by atoms with van der Waals surface area (Å²) in [6.07, 6.45) is -0.0582. The van der Waals surface area contributed by atoms with Gasteiger partial charge < -0.3 is 25.4 Å². The summed E-state index contributed by atoms with van der Waals surface area (Å²) >= 11 is 0.